The molecule has 2 amide bonds. The molecule has 4 saturated carbocycles. The fraction of sp³-hybridized carbons (Fsp3) is 0.667. The highest BCUT2D eigenvalue weighted by molar-refractivity contribution is 5.75. The van der Waals surface area contributed by atoms with Crippen LogP contribution in [0.15, 0.2) is 24.3 Å². The molecule has 142 valence electrons. The molecular formula is C21H29FN2O2. The van der Waals surface area contributed by atoms with Crippen LogP contribution in [0.3, 0.4) is 0 Å². The normalized spacial score (nSPS) is 34.3. The highest BCUT2D eigenvalue weighted by Gasteiger charge is 2.51. The van der Waals surface area contributed by atoms with E-state index in [9.17, 15) is 9.18 Å². The molecule has 0 heterocycles. The number of halogens is 1. The Labute approximate surface area is 154 Å². The number of carbonyl (C=O) groups excluding carboxylic acids is 1. The number of amides is 2. The number of hydrogen-bond donors (Lipinski definition) is 2. The molecule has 0 unspecified atom stereocenters. The van der Waals surface area contributed by atoms with Gasteiger partial charge in [-0.2, -0.15) is 0 Å². The molecular weight excluding hydrogens is 331 g/mol. The summed E-state index contributed by atoms with van der Waals surface area (Å²) in [5.41, 5.74) is -0.470. The predicted octanol–water partition coefficient (Wildman–Crippen LogP) is 3.96. The van der Waals surface area contributed by atoms with Crippen molar-refractivity contribution < 1.29 is 13.9 Å². The van der Waals surface area contributed by atoms with E-state index in [-0.39, 0.29) is 23.9 Å². The number of carbonyl (C=O) groups is 1. The Morgan fingerprint density at radius 2 is 1.77 bits per heavy atom. The number of benzene rings is 1. The van der Waals surface area contributed by atoms with Gasteiger partial charge in [-0.25, -0.2) is 9.18 Å². The summed E-state index contributed by atoms with van der Waals surface area (Å²) < 4.78 is 19.7. The molecule has 1 aromatic carbocycles. The van der Waals surface area contributed by atoms with Gasteiger partial charge in [-0.3, -0.25) is 0 Å². The topological polar surface area (TPSA) is 50.4 Å². The van der Waals surface area contributed by atoms with Gasteiger partial charge in [-0.15, -0.1) is 0 Å². The number of ether oxygens (including phenoxy) is 1. The third-order valence-corrected chi connectivity index (χ3v) is 6.90. The molecule has 0 aliphatic heterocycles. The minimum absolute atomic E-state index is 0.0275. The Hall–Kier alpha value is -1.62. The highest BCUT2D eigenvalue weighted by atomic mass is 19.1. The van der Waals surface area contributed by atoms with Gasteiger partial charge in [0.25, 0.3) is 0 Å². The van der Waals surface area contributed by atoms with Crippen LogP contribution in [0.1, 0.15) is 51.0 Å². The van der Waals surface area contributed by atoms with Crippen molar-refractivity contribution in [2.75, 3.05) is 13.7 Å². The molecule has 0 aromatic heterocycles. The summed E-state index contributed by atoms with van der Waals surface area (Å²) in [7, 11) is 1.55. The Bertz CT molecular complexity index is 657. The van der Waals surface area contributed by atoms with Gasteiger partial charge in [-0.05, 0) is 69.3 Å². The maximum absolute atomic E-state index is 14.2. The maximum Gasteiger partial charge on any atom is 0.315 e. The van der Waals surface area contributed by atoms with Crippen molar-refractivity contribution in [3.63, 3.8) is 0 Å². The first-order valence-electron chi connectivity index (χ1n) is 9.77. The maximum atomic E-state index is 14.2. The standard InChI is InChI=1S/C21H29FN2O2/c1-20(26-2,17-5-3-4-6-18(17)22)13-23-19(25)24-21-10-14-7-15(11-21)9-16(8-14)12-21/h3-6,14-16H,7-13H2,1-2H3,(H2,23,24,25)/t14?,15?,16?,20-,21?/m0/s1. The van der Waals surface area contributed by atoms with Crippen LogP contribution in [0.2, 0.25) is 0 Å². The minimum Gasteiger partial charge on any atom is -0.372 e. The van der Waals surface area contributed by atoms with Crippen LogP contribution in [0.5, 0.6) is 0 Å². The van der Waals surface area contributed by atoms with E-state index in [0.29, 0.717) is 5.56 Å². The van der Waals surface area contributed by atoms with E-state index in [2.05, 4.69) is 10.6 Å². The smallest absolute Gasteiger partial charge is 0.315 e. The first kappa shape index (κ1) is 17.8. The van der Waals surface area contributed by atoms with Crippen molar-refractivity contribution in [1.29, 1.82) is 0 Å². The van der Waals surface area contributed by atoms with Crippen LogP contribution >= 0.6 is 0 Å². The van der Waals surface area contributed by atoms with Crippen LogP contribution < -0.4 is 10.6 Å². The van der Waals surface area contributed by atoms with E-state index in [0.717, 1.165) is 37.0 Å². The SMILES string of the molecule is CO[C@@](C)(CNC(=O)NC12CC3CC(CC(C3)C1)C2)c1ccccc1F. The Morgan fingerprint density at radius 3 is 2.31 bits per heavy atom. The predicted molar refractivity (Wildman–Crippen MR) is 98.2 cm³/mol. The molecule has 5 heteroatoms. The quantitative estimate of drug-likeness (QED) is 0.835. The van der Waals surface area contributed by atoms with Crippen LogP contribution in [-0.4, -0.2) is 25.2 Å². The van der Waals surface area contributed by atoms with Crippen LogP contribution in [0, 0.1) is 23.6 Å². The molecule has 26 heavy (non-hydrogen) atoms. The minimum atomic E-state index is -0.899. The average Bonchev–Trinajstić information content (AvgIpc) is 2.58. The van der Waals surface area contributed by atoms with Crippen molar-refractivity contribution in [2.45, 2.75) is 56.6 Å². The molecule has 1 atom stereocenters. The summed E-state index contributed by atoms with van der Waals surface area (Å²) in [6.07, 6.45) is 7.37. The Kier molecular flexibility index (Phi) is 4.46. The number of nitrogens with one attached hydrogen (secondary N) is 2. The van der Waals surface area contributed by atoms with Gasteiger partial charge in [0.15, 0.2) is 0 Å². The first-order chi connectivity index (χ1) is 12.4. The number of methoxy groups -OCH3 is 1. The largest absolute Gasteiger partial charge is 0.372 e. The number of rotatable bonds is 5. The van der Waals surface area contributed by atoms with E-state index < -0.39 is 5.60 Å². The second-order valence-electron chi connectivity index (χ2n) is 8.92. The summed E-state index contributed by atoms with van der Waals surface area (Å²) in [5.74, 6) is 2.03. The zero-order valence-corrected chi connectivity index (χ0v) is 15.7. The van der Waals surface area contributed by atoms with Gasteiger partial charge in [0.2, 0.25) is 0 Å². The lowest BCUT2D eigenvalue weighted by Crippen LogP contribution is -2.62. The lowest BCUT2D eigenvalue weighted by Gasteiger charge is -2.56. The molecule has 0 spiro atoms. The second-order valence-corrected chi connectivity index (χ2v) is 8.92. The number of hydrogen-bond acceptors (Lipinski definition) is 2. The van der Waals surface area contributed by atoms with Crippen LogP contribution in [0.4, 0.5) is 9.18 Å². The summed E-state index contributed by atoms with van der Waals surface area (Å²) in [5, 5.41) is 6.22. The van der Waals surface area contributed by atoms with Crippen molar-refractivity contribution in [1.82, 2.24) is 10.6 Å². The van der Waals surface area contributed by atoms with Crippen molar-refractivity contribution in [3.05, 3.63) is 35.6 Å². The molecule has 4 aliphatic rings. The molecule has 5 rings (SSSR count). The third kappa shape index (κ3) is 3.22. The van der Waals surface area contributed by atoms with Gasteiger partial charge >= 0.3 is 6.03 Å². The van der Waals surface area contributed by atoms with E-state index in [1.54, 1.807) is 32.2 Å². The second kappa shape index (κ2) is 6.52. The molecule has 1 aromatic rings. The highest BCUT2D eigenvalue weighted by Crippen LogP contribution is 2.55. The molecule has 4 bridgehead atoms. The molecule has 0 radical (unpaired) electrons. The van der Waals surface area contributed by atoms with E-state index in [4.69, 9.17) is 4.74 Å². The molecule has 4 fully saturated rings. The van der Waals surface area contributed by atoms with Gasteiger partial charge in [-0.1, -0.05) is 18.2 Å². The fourth-order valence-corrected chi connectivity index (χ4v) is 5.97. The van der Waals surface area contributed by atoms with E-state index >= 15 is 0 Å². The van der Waals surface area contributed by atoms with Crippen LogP contribution in [-0.2, 0) is 10.3 Å². The first-order valence-corrected chi connectivity index (χ1v) is 9.77. The zero-order chi connectivity index (χ0) is 18.4. The Morgan fingerprint density at radius 1 is 1.19 bits per heavy atom. The van der Waals surface area contributed by atoms with Gasteiger partial charge in [0, 0.05) is 18.2 Å². The third-order valence-electron chi connectivity index (χ3n) is 6.90. The lowest BCUT2D eigenvalue weighted by molar-refractivity contribution is -0.0159. The van der Waals surface area contributed by atoms with Crippen LogP contribution in [0.25, 0.3) is 0 Å². The molecule has 4 aliphatic carbocycles. The van der Waals surface area contributed by atoms with E-state index in [1.807, 2.05) is 0 Å². The molecule has 0 saturated heterocycles. The van der Waals surface area contributed by atoms with Gasteiger partial charge in [0.05, 0.1) is 6.54 Å². The van der Waals surface area contributed by atoms with Crippen molar-refractivity contribution >= 4 is 6.03 Å². The monoisotopic (exact) mass is 360 g/mol. The van der Waals surface area contributed by atoms with Crippen molar-refractivity contribution in [3.8, 4) is 0 Å². The van der Waals surface area contributed by atoms with Gasteiger partial charge in [0.1, 0.15) is 11.4 Å². The average molecular weight is 360 g/mol. The van der Waals surface area contributed by atoms with Crippen molar-refractivity contribution in [2.24, 2.45) is 17.8 Å². The molecule has 4 nitrogen and oxygen atoms in total. The Balaban J connectivity index is 1.40. The summed E-state index contributed by atoms with van der Waals surface area (Å²) in [6.45, 7) is 2.03. The fourth-order valence-electron chi connectivity index (χ4n) is 5.97. The molecule has 2 N–H and O–H groups in total. The van der Waals surface area contributed by atoms with Gasteiger partial charge < -0.3 is 15.4 Å². The summed E-state index contributed by atoms with van der Waals surface area (Å²) in [4.78, 5) is 12.6. The van der Waals surface area contributed by atoms with E-state index in [1.165, 1.54) is 25.3 Å². The lowest BCUT2D eigenvalue weighted by atomic mass is 9.53. The number of urea groups is 1. The zero-order valence-electron chi connectivity index (χ0n) is 15.7. The summed E-state index contributed by atoms with van der Waals surface area (Å²) >= 11 is 0. The summed E-state index contributed by atoms with van der Waals surface area (Å²) in [6, 6.07) is 6.40.